The summed E-state index contributed by atoms with van der Waals surface area (Å²) in [6.45, 7) is 1.92. The van der Waals surface area contributed by atoms with E-state index in [1.165, 1.54) is 13.2 Å². The van der Waals surface area contributed by atoms with Crippen molar-refractivity contribution >= 4 is 5.71 Å². The number of benzene rings is 2. The molecular weight excluding hydrogens is 283 g/mol. The standard InChI is InChI=1S/C17H15FN2O2/c1-12-9-14(7-8-16(12)18)22-11-13-5-3-4-6-15(13)17(10-19)20-21-2/h3-9H,11H2,1-2H3. The van der Waals surface area contributed by atoms with Gasteiger partial charge in [0, 0.05) is 5.56 Å². The van der Waals surface area contributed by atoms with Gasteiger partial charge in [-0.05, 0) is 36.2 Å². The number of nitrogens with zero attached hydrogens (tertiary/aromatic N) is 2. The van der Waals surface area contributed by atoms with E-state index < -0.39 is 0 Å². The van der Waals surface area contributed by atoms with Crippen LogP contribution >= 0.6 is 0 Å². The molecular formula is C17H15FN2O2. The summed E-state index contributed by atoms with van der Waals surface area (Å²) < 4.78 is 18.9. The van der Waals surface area contributed by atoms with Gasteiger partial charge in [-0.1, -0.05) is 29.4 Å². The summed E-state index contributed by atoms with van der Waals surface area (Å²) in [5.74, 6) is 0.294. The van der Waals surface area contributed by atoms with E-state index >= 15 is 0 Å². The molecule has 2 rings (SSSR count). The summed E-state index contributed by atoms with van der Waals surface area (Å²) >= 11 is 0. The summed E-state index contributed by atoms with van der Waals surface area (Å²) in [6.07, 6.45) is 0. The Balaban J connectivity index is 2.21. The number of hydrogen-bond donors (Lipinski definition) is 0. The molecule has 0 N–H and O–H groups in total. The maximum absolute atomic E-state index is 13.2. The smallest absolute Gasteiger partial charge is 0.187 e. The first-order chi connectivity index (χ1) is 10.7. The highest BCUT2D eigenvalue weighted by Gasteiger charge is 2.10. The average molecular weight is 298 g/mol. The molecule has 0 saturated heterocycles. The Morgan fingerprint density at radius 1 is 1.27 bits per heavy atom. The van der Waals surface area contributed by atoms with Gasteiger partial charge in [0.15, 0.2) is 5.71 Å². The van der Waals surface area contributed by atoms with Gasteiger partial charge in [0.2, 0.25) is 0 Å². The summed E-state index contributed by atoms with van der Waals surface area (Å²) in [5.41, 5.74) is 2.13. The minimum atomic E-state index is -0.272. The van der Waals surface area contributed by atoms with Crippen LogP contribution in [0.1, 0.15) is 16.7 Å². The van der Waals surface area contributed by atoms with Gasteiger partial charge >= 0.3 is 0 Å². The van der Waals surface area contributed by atoms with Crippen LogP contribution in [0.3, 0.4) is 0 Å². The minimum Gasteiger partial charge on any atom is -0.489 e. The highest BCUT2D eigenvalue weighted by molar-refractivity contribution is 6.12. The molecule has 0 aliphatic rings. The van der Waals surface area contributed by atoms with E-state index in [0.717, 1.165) is 5.56 Å². The van der Waals surface area contributed by atoms with Crippen molar-refractivity contribution in [1.29, 1.82) is 5.26 Å². The fourth-order valence-corrected chi connectivity index (χ4v) is 1.97. The number of halogens is 1. The van der Waals surface area contributed by atoms with Gasteiger partial charge in [0.1, 0.15) is 31.4 Å². The Labute approximate surface area is 128 Å². The SMILES string of the molecule is CON=C(C#N)c1ccccc1COc1ccc(F)c(C)c1. The third kappa shape index (κ3) is 3.61. The van der Waals surface area contributed by atoms with E-state index in [1.807, 2.05) is 24.3 Å². The molecule has 0 atom stereocenters. The van der Waals surface area contributed by atoms with Crippen LogP contribution in [-0.4, -0.2) is 12.8 Å². The molecule has 0 unspecified atom stereocenters. The molecule has 4 nitrogen and oxygen atoms in total. The molecule has 0 saturated carbocycles. The van der Waals surface area contributed by atoms with Gasteiger partial charge in [-0.3, -0.25) is 0 Å². The van der Waals surface area contributed by atoms with Crippen molar-refractivity contribution in [2.75, 3.05) is 7.11 Å². The third-order valence-electron chi connectivity index (χ3n) is 3.08. The lowest BCUT2D eigenvalue weighted by Crippen LogP contribution is -2.06. The summed E-state index contributed by atoms with van der Waals surface area (Å²) in [5, 5.41) is 12.8. The molecule has 0 amide bonds. The number of ether oxygens (including phenoxy) is 1. The molecule has 5 heteroatoms. The van der Waals surface area contributed by atoms with E-state index in [-0.39, 0.29) is 18.1 Å². The normalized spacial score (nSPS) is 10.9. The van der Waals surface area contributed by atoms with Crippen LogP contribution in [0.15, 0.2) is 47.6 Å². The van der Waals surface area contributed by atoms with Crippen LogP contribution in [0.5, 0.6) is 5.75 Å². The van der Waals surface area contributed by atoms with Crippen molar-refractivity contribution in [1.82, 2.24) is 0 Å². The van der Waals surface area contributed by atoms with Crippen molar-refractivity contribution in [3.05, 3.63) is 65.0 Å². The first kappa shape index (κ1) is 15.5. The van der Waals surface area contributed by atoms with Crippen LogP contribution < -0.4 is 4.74 Å². The zero-order valence-electron chi connectivity index (χ0n) is 12.3. The van der Waals surface area contributed by atoms with Gasteiger partial charge in [0.25, 0.3) is 0 Å². The van der Waals surface area contributed by atoms with Crippen molar-refractivity contribution in [3.63, 3.8) is 0 Å². The number of oxime groups is 1. The van der Waals surface area contributed by atoms with Gasteiger partial charge in [-0.15, -0.1) is 0 Å². The first-order valence-electron chi connectivity index (χ1n) is 6.64. The van der Waals surface area contributed by atoms with Crippen molar-refractivity contribution < 1.29 is 14.0 Å². The molecule has 0 spiro atoms. The highest BCUT2D eigenvalue weighted by atomic mass is 19.1. The predicted molar refractivity (Wildman–Crippen MR) is 81.1 cm³/mol. The molecule has 2 aromatic rings. The number of nitriles is 1. The zero-order valence-corrected chi connectivity index (χ0v) is 12.3. The molecule has 0 aliphatic heterocycles. The number of rotatable bonds is 5. The maximum Gasteiger partial charge on any atom is 0.187 e. The summed E-state index contributed by atoms with van der Waals surface area (Å²) in [4.78, 5) is 4.68. The molecule has 0 aromatic heterocycles. The van der Waals surface area contributed by atoms with E-state index in [0.29, 0.717) is 16.9 Å². The van der Waals surface area contributed by atoms with Gasteiger partial charge in [-0.2, -0.15) is 5.26 Å². The van der Waals surface area contributed by atoms with Crippen molar-refractivity contribution in [3.8, 4) is 11.8 Å². The monoisotopic (exact) mass is 298 g/mol. The molecule has 22 heavy (non-hydrogen) atoms. The lowest BCUT2D eigenvalue weighted by Gasteiger charge is -2.10. The Hall–Kier alpha value is -2.87. The molecule has 0 fully saturated rings. The minimum absolute atomic E-state index is 0.178. The van der Waals surface area contributed by atoms with Crippen LogP contribution in [0, 0.1) is 24.1 Å². The summed E-state index contributed by atoms with van der Waals surface area (Å²) in [7, 11) is 1.39. The number of hydrogen-bond acceptors (Lipinski definition) is 4. The Bertz CT molecular complexity index is 736. The fourth-order valence-electron chi connectivity index (χ4n) is 1.97. The second-order valence-electron chi connectivity index (χ2n) is 4.59. The van der Waals surface area contributed by atoms with Crippen molar-refractivity contribution in [2.24, 2.45) is 5.16 Å². The molecule has 112 valence electrons. The molecule has 2 aromatic carbocycles. The van der Waals surface area contributed by atoms with Crippen molar-refractivity contribution in [2.45, 2.75) is 13.5 Å². The van der Waals surface area contributed by atoms with E-state index in [9.17, 15) is 4.39 Å². The van der Waals surface area contributed by atoms with Crippen LogP contribution in [-0.2, 0) is 11.4 Å². The molecule has 0 bridgehead atoms. The van der Waals surface area contributed by atoms with Gasteiger partial charge < -0.3 is 9.57 Å². The topological polar surface area (TPSA) is 54.6 Å². The maximum atomic E-state index is 13.2. The Morgan fingerprint density at radius 3 is 2.73 bits per heavy atom. The first-order valence-corrected chi connectivity index (χ1v) is 6.64. The van der Waals surface area contributed by atoms with E-state index in [2.05, 4.69) is 9.99 Å². The average Bonchev–Trinajstić information content (AvgIpc) is 2.54. The molecule has 0 radical (unpaired) electrons. The highest BCUT2D eigenvalue weighted by Crippen LogP contribution is 2.19. The Kier molecular flexibility index (Phi) is 5.10. The van der Waals surface area contributed by atoms with Gasteiger partial charge in [-0.25, -0.2) is 4.39 Å². The van der Waals surface area contributed by atoms with Crippen LogP contribution in [0.4, 0.5) is 4.39 Å². The van der Waals surface area contributed by atoms with Gasteiger partial charge in [0.05, 0.1) is 0 Å². The lowest BCUT2D eigenvalue weighted by molar-refractivity contribution is 0.214. The lowest BCUT2D eigenvalue weighted by atomic mass is 10.0. The number of aryl methyl sites for hydroxylation is 1. The molecule has 0 heterocycles. The second-order valence-corrected chi connectivity index (χ2v) is 4.59. The fraction of sp³-hybridized carbons (Fsp3) is 0.176. The van der Waals surface area contributed by atoms with Crippen LogP contribution in [0.2, 0.25) is 0 Å². The quantitative estimate of drug-likeness (QED) is 0.626. The molecule has 0 aliphatic carbocycles. The third-order valence-corrected chi connectivity index (χ3v) is 3.08. The largest absolute Gasteiger partial charge is 0.489 e. The second kappa shape index (κ2) is 7.23. The summed E-state index contributed by atoms with van der Waals surface area (Å²) in [6, 6.07) is 13.8. The van der Waals surface area contributed by atoms with E-state index in [4.69, 9.17) is 10.00 Å². The van der Waals surface area contributed by atoms with E-state index in [1.54, 1.807) is 25.1 Å². The van der Waals surface area contributed by atoms with Crippen LogP contribution in [0.25, 0.3) is 0 Å². The zero-order chi connectivity index (χ0) is 15.9. The predicted octanol–water partition coefficient (Wildman–Crippen LogP) is 3.59. The Morgan fingerprint density at radius 2 is 2.05 bits per heavy atom.